The van der Waals surface area contributed by atoms with Crippen molar-refractivity contribution < 1.29 is 4.79 Å². The minimum atomic E-state index is -0.206. The van der Waals surface area contributed by atoms with Crippen molar-refractivity contribution in [2.75, 3.05) is 11.4 Å². The standard InChI is InChI=1S/C14H20N2O/c1-10-6-7-12(9-11(10)2)16-8-4-3-5-13(16)14(15)17/h6-7,9,13H,3-5,8H2,1-2H3,(H2,15,17). The largest absolute Gasteiger partial charge is 0.368 e. The molecule has 1 aromatic rings. The van der Waals surface area contributed by atoms with Crippen LogP contribution in [0.3, 0.4) is 0 Å². The lowest BCUT2D eigenvalue weighted by molar-refractivity contribution is -0.119. The van der Waals surface area contributed by atoms with E-state index < -0.39 is 0 Å². The van der Waals surface area contributed by atoms with Gasteiger partial charge in [-0.05, 0) is 56.4 Å². The molecule has 0 aliphatic carbocycles. The van der Waals surface area contributed by atoms with Crippen molar-refractivity contribution in [3.8, 4) is 0 Å². The van der Waals surface area contributed by atoms with Crippen molar-refractivity contribution in [1.82, 2.24) is 0 Å². The van der Waals surface area contributed by atoms with Crippen molar-refractivity contribution in [2.45, 2.75) is 39.2 Å². The molecule has 0 radical (unpaired) electrons. The zero-order valence-corrected chi connectivity index (χ0v) is 10.6. The zero-order valence-electron chi connectivity index (χ0n) is 10.6. The summed E-state index contributed by atoms with van der Waals surface area (Å²) < 4.78 is 0. The van der Waals surface area contributed by atoms with E-state index in [1.54, 1.807) is 0 Å². The van der Waals surface area contributed by atoms with E-state index in [2.05, 4.69) is 36.9 Å². The molecule has 1 saturated heterocycles. The lowest BCUT2D eigenvalue weighted by Gasteiger charge is -2.35. The fourth-order valence-electron chi connectivity index (χ4n) is 2.44. The Balaban J connectivity index is 2.29. The van der Waals surface area contributed by atoms with E-state index in [0.717, 1.165) is 31.5 Å². The van der Waals surface area contributed by atoms with E-state index in [1.807, 2.05) is 0 Å². The number of hydrogen-bond donors (Lipinski definition) is 1. The molecular formula is C14H20N2O. The third kappa shape index (κ3) is 2.43. The van der Waals surface area contributed by atoms with Crippen molar-refractivity contribution in [3.05, 3.63) is 29.3 Å². The Kier molecular flexibility index (Phi) is 3.36. The van der Waals surface area contributed by atoms with Gasteiger partial charge in [-0.3, -0.25) is 4.79 Å². The van der Waals surface area contributed by atoms with E-state index in [0.29, 0.717) is 0 Å². The number of rotatable bonds is 2. The highest BCUT2D eigenvalue weighted by Gasteiger charge is 2.27. The van der Waals surface area contributed by atoms with Gasteiger partial charge in [-0.2, -0.15) is 0 Å². The monoisotopic (exact) mass is 232 g/mol. The SMILES string of the molecule is Cc1ccc(N2CCCCC2C(N)=O)cc1C. The first-order valence-electron chi connectivity index (χ1n) is 6.23. The Morgan fingerprint density at radius 3 is 2.71 bits per heavy atom. The summed E-state index contributed by atoms with van der Waals surface area (Å²) in [5.41, 5.74) is 9.14. The van der Waals surface area contributed by atoms with Crippen molar-refractivity contribution in [3.63, 3.8) is 0 Å². The summed E-state index contributed by atoms with van der Waals surface area (Å²) in [6.45, 7) is 5.12. The number of primary amides is 1. The van der Waals surface area contributed by atoms with Gasteiger partial charge >= 0.3 is 0 Å². The Morgan fingerprint density at radius 1 is 1.29 bits per heavy atom. The average molecular weight is 232 g/mol. The van der Waals surface area contributed by atoms with Crippen LogP contribution in [0.25, 0.3) is 0 Å². The summed E-state index contributed by atoms with van der Waals surface area (Å²) in [6, 6.07) is 6.21. The van der Waals surface area contributed by atoms with Crippen molar-refractivity contribution in [1.29, 1.82) is 0 Å². The van der Waals surface area contributed by atoms with Crippen LogP contribution in [0.5, 0.6) is 0 Å². The van der Waals surface area contributed by atoms with Crippen LogP contribution in [0.2, 0.25) is 0 Å². The van der Waals surface area contributed by atoms with Gasteiger partial charge in [0.15, 0.2) is 0 Å². The molecular weight excluding hydrogens is 212 g/mol. The molecule has 2 rings (SSSR count). The van der Waals surface area contributed by atoms with Gasteiger partial charge in [-0.25, -0.2) is 0 Å². The minimum absolute atomic E-state index is 0.133. The van der Waals surface area contributed by atoms with Crippen LogP contribution < -0.4 is 10.6 Å². The average Bonchev–Trinajstić information content (AvgIpc) is 2.32. The summed E-state index contributed by atoms with van der Waals surface area (Å²) in [5, 5.41) is 0. The molecule has 0 saturated carbocycles. The second kappa shape index (κ2) is 4.78. The van der Waals surface area contributed by atoms with Crippen LogP contribution in [-0.4, -0.2) is 18.5 Å². The Bertz CT molecular complexity index is 428. The minimum Gasteiger partial charge on any atom is -0.368 e. The number of nitrogens with zero attached hydrogens (tertiary/aromatic N) is 1. The highest BCUT2D eigenvalue weighted by Crippen LogP contribution is 2.26. The van der Waals surface area contributed by atoms with E-state index in [4.69, 9.17) is 5.73 Å². The molecule has 0 spiro atoms. The van der Waals surface area contributed by atoms with Crippen LogP contribution in [0, 0.1) is 13.8 Å². The molecule has 1 aliphatic rings. The van der Waals surface area contributed by atoms with Gasteiger partial charge in [0.1, 0.15) is 6.04 Å². The summed E-state index contributed by atoms with van der Waals surface area (Å²) in [5.74, 6) is -0.206. The normalized spacial score (nSPS) is 20.4. The van der Waals surface area contributed by atoms with E-state index in [1.165, 1.54) is 11.1 Å². The summed E-state index contributed by atoms with van der Waals surface area (Å²) in [6.07, 6.45) is 3.11. The van der Waals surface area contributed by atoms with E-state index in [9.17, 15) is 4.79 Å². The van der Waals surface area contributed by atoms with Crippen LogP contribution in [0.1, 0.15) is 30.4 Å². The third-order valence-corrected chi connectivity index (χ3v) is 3.65. The number of aryl methyl sites for hydroxylation is 2. The molecule has 0 aromatic heterocycles. The Morgan fingerprint density at radius 2 is 2.06 bits per heavy atom. The second-order valence-corrected chi connectivity index (χ2v) is 4.88. The maximum Gasteiger partial charge on any atom is 0.240 e. The van der Waals surface area contributed by atoms with Crippen LogP contribution >= 0.6 is 0 Å². The fourth-order valence-corrected chi connectivity index (χ4v) is 2.44. The molecule has 1 aromatic carbocycles. The quantitative estimate of drug-likeness (QED) is 0.849. The van der Waals surface area contributed by atoms with Gasteiger partial charge in [-0.15, -0.1) is 0 Å². The van der Waals surface area contributed by atoms with Crippen LogP contribution in [0.15, 0.2) is 18.2 Å². The van der Waals surface area contributed by atoms with E-state index >= 15 is 0 Å². The Hall–Kier alpha value is -1.51. The first-order valence-corrected chi connectivity index (χ1v) is 6.23. The number of piperidine rings is 1. The molecule has 1 unspecified atom stereocenters. The fraction of sp³-hybridized carbons (Fsp3) is 0.500. The molecule has 1 atom stereocenters. The second-order valence-electron chi connectivity index (χ2n) is 4.88. The number of benzene rings is 1. The lowest BCUT2D eigenvalue weighted by Crippen LogP contribution is -2.47. The summed E-state index contributed by atoms with van der Waals surface area (Å²) in [4.78, 5) is 13.6. The van der Waals surface area contributed by atoms with Crippen molar-refractivity contribution in [2.24, 2.45) is 5.73 Å². The number of carbonyl (C=O) groups excluding carboxylic acids is 1. The maximum atomic E-state index is 11.5. The lowest BCUT2D eigenvalue weighted by atomic mass is 9.99. The molecule has 0 bridgehead atoms. The molecule has 3 heteroatoms. The van der Waals surface area contributed by atoms with Crippen LogP contribution in [-0.2, 0) is 4.79 Å². The topological polar surface area (TPSA) is 46.3 Å². The van der Waals surface area contributed by atoms with Crippen molar-refractivity contribution >= 4 is 11.6 Å². The van der Waals surface area contributed by atoms with Crippen LogP contribution in [0.4, 0.5) is 5.69 Å². The highest BCUT2D eigenvalue weighted by atomic mass is 16.1. The third-order valence-electron chi connectivity index (χ3n) is 3.65. The van der Waals surface area contributed by atoms with Gasteiger partial charge in [0.2, 0.25) is 5.91 Å². The summed E-state index contributed by atoms with van der Waals surface area (Å²) in [7, 11) is 0. The number of anilines is 1. The predicted octanol–water partition coefficient (Wildman–Crippen LogP) is 2.15. The number of hydrogen-bond acceptors (Lipinski definition) is 2. The summed E-state index contributed by atoms with van der Waals surface area (Å²) >= 11 is 0. The molecule has 2 N–H and O–H groups in total. The molecule has 17 heavy (non-hydrogen) atoms. The maximum absolute atomic E-state index is 11.5. The molecule has 3 nitrogen and oxygen atoms in total. The van der Waals surface area contributed by atoms with Gasteiger partial charge < -0.3 is 10.6 Å². The van der Waals surface area contributed by atoms with Gasteiger partial charge in [0, 0.05) is 12.2 Å². The molecule has 1 aliphatic heterocycles. The van der Waals surface area contributed by atoms with E-state index in [-0.39, 0.29) is 11.9 Å². The number of carbonyl (C=O) groups is 1. The first-order chi connectivity index (χ1) is 8.09. The smallest absolute Gasteiger partial charge is 0.240 e. The zero-order chi connectivity index (χ0) is 12.4. The van der Waals surface area contributed by atoms with Gasteiger partial charge in [-0.1, -0.05) is 6.07 Å². The first kappa shape index (κ1) is 12.0. The molecule has 1 amide bonds. The van der Waals surface area contributed by atoms with Gasteiger partial charge in [0.25, 0.3) is 0 Å². The number of nitrogens with two attached hydrogens (primary N) is 1. The predicted molar refractivity (Wildman–Crippen MR) is 70.1 cm³/mol. The van der Waals surface area contributed by atoms with Gasteiger partial charge in [0.05, 0.1) is 0 Å². The molecule has 92 valence electrons. The Labute approximate surface area is 103 Å². The molecule has 1 heterocycles. The number of amides is 1. The molecule has 1 fully saturated rings. The highest BCUT2D eigenvalue weighted by molar-refractivity contribution is 5.84.